The highest BCUT2D eigenvalue weighted by atomic mass is 35.5. The van der Waals surface area contributed by atoms with Gasteiger partial charge in [-0.2, -0.15) is 11.8 Å². The van der Waals surface area contributed by atoms with Crippen LogP contribution in [0.15, 0.2) is 5.38 Å². The fraction of sp³-hybridized carbons (Fsp3) is 0.286. The molecule has 1 aliphatic heterocycles. The van der Waals surface area contributed by atoms with Crippen molar-refractivity contribution in [2.24, 2.45) is 0 Å². The maximum absolute atomic E-state index is 12.6. The van der Waals surface area contributed by atoms with Crippen LogP contribution in [0.4, 0.5) is 9.18 Å². The summed E-state index contributed by atoms with van der Waals surface area (Å²) < 4.78 is 11.8. The first-order valence-electron chi connectivity index (χ1n) is 3.28. The van der Waals surface area contributed by atoms with Crippen molar-refractivity contribution < 1.29 is 9.18 Å². The predicted octanol–water partition coefficient (Wildman–Crippen LogP) is 4.22. The van der Waals surface area contributed by atoms with Crippen LogP contribution in [-0.2, 0) is 11.5 Å². The van der Waals surface area contributed by atoms with E-state index in [1.807, 2.05) is 0 Å². The summed E-state index contributed by atoms with van der Waals surface area (Å²) in [5.41, 5.74) is 0.949. The van der Waals surface area contributed by atoms with Crippen LogP contribution in [0, 0.1) is 5.82 Å². The molecule has 72 valence electrons. The Balaban J connectivity index is 0.000000184. The molecule has 0 atom stereocenters. The van der Waals surface area contributed by atoms with E-state index in [2.05, 4.69) is 23.2 Å². The van der Waals surface area contributed by atoms with Gasteiger partial charge in [-0.3, -0.25) is 4.79 Å². The van der Waals surface area contributed by atoms with Gasteiger partial charge in [0, 0.05) is 27.3 Å². The zero-order valence-corrected chi connectivity index (χ0v) is 9.50. The third-order valence-electron chi connectivity index (χ3n) is 1.41. The second-order valence-electron chi connectivity index (χ2n) is 2.20. The molecule has 0 spiro atoms. The summed E-state index contributed by atoms with van der Waals surface area (Å²) in [6, 6.07) is 0. The van der Waals surface area contributed by atoms with Gasteiger partial charge < -0.3 is 0 Å². The van der Waals surface area contributed by atoms with Crippen LogP contribution in [0.1, 0.15) is 10.4 Å². The largest absolute Gasteiger partial charge is 0.313 e. The number of carbonyl (C=O) groups excluding carboxylic acids is 1. The van der Waals surface area contributed by atoms with Crippen molar-refractivity contribution >= 4 is 51.0 Å². The van der Waals surface area contributed by atoms with Crippen LogP contribution in [0.2, 0.25) is 0 Å². The van der Waals surface area contributed by atoms with Crippen molar-refractivity contribution in [3.8, 4) is 0 Å². The van der Waals surface area contributed by atoms with Crippen molar-refractivity contribution in [1.29, 1.82) is 0 Å². The maximum atomic E-state index is 12.6. The molecule has 0 aliphatic carbocycles. The topological polar surface area (TPSA) is 17.1 Å². The number of hydrogen-bond donors (Lipinski definition) is 0. The van der Waals surface area contributed by atoms with Crippen molar-refractivity contribution in [3.05, 3.63) is 21.6 Å². The van der Waals surface area contributed by atoms with E-state index < -0.39 is 4.70 Å². The van der Waals surface area contributed by atoms with Gasteiger partial charge in [0.1, 0.15) is 5.82 Å². The molecule has 0 N–H and O–H groups in total. The molecule has 1 aromatic rings. The first-order chi connectivity index (χ1) is 6.11. The fourth-order valence-corrected chi connectivity index (χ4v) is 3.21. The normalized spacial score (nSPS) is 13.2. The summed E-state index contributed by atoms with van der Waals surface area (Å²) in [5.74, 6) is 1.90. The van der Waals surface area contributed by atoms with Gasteiger partial charge in [-0.15, -0.1) is 11.3 Å². The summed E-state index contributed by atoms with van der Waals surface area (Å²) in [4.78, 5) is 10.2. The van der Waals surface area contributed by atoms with Gasteiger partial charge in [0.15, 0.2) is 0 Å². The highest BCUT2D eigenvalue weighted by Crippen LogP contribution is 2.35. The Morgan fingerprint density at radius 1 is 1.46 bits per heavy atom. The lowest BCUT2D eigenvalue weighted by Gasteiger charge is -1.83. The number of rotatable bonds is 0. The predicted molar refractivity (Wildman–Crippen MR) is 56.4 cm³/mol. The molecule has 13 heavy (non-hydrogen) atoms. The molecule has 0 unspecified atom stereocenters. The van der Waals surface area contributed by atoms with Gasteiger partial charge in [0.05, 0.1) is 0 Å². The van der Waals surface area contributed by atoms with Gasteiger partial charge >= 0.3 is 4.70 Å². The number of halogens is 3. The Morgan fingerprint density at radius 2 is 2.08 bits per heavy atom. The van der Waals surface area contributed by atoms with Gasteiger partial charge in [-0.1, -0.05) is 0 Å². The quantitative estimate of drug-likeness (QED) is 0.649. The van der Waals surface area contributed by atoms with Crippen LogP contribution in [0.3, 0.4) is 0 Å². The number of thioether (sulfide) groups is 1. The molecule has 1 nitrogen and oxygen atoms in total. The monoisotopic (exact) mass is 258 g/mol. The zero-order chi connectivity index (χ0) is 9.84. The highest BCUT2D eigenvalue weighted by molar-refractivity contribution is 7.98. The second kappa shape index (κ2) is 5.20. The Kier molecular flexibility index (Phi) is 4.52. The highest BCUT2D eigenvalue weighted by Gasteiger charge is 2.16. The summed E-state index contributed by atoms with van der Waals surface area (Å²) in [5, 5.41) is 1.60. The lowest BCUT2D eigenvalue weighted by Crippen LogP contribution is -1.75. The lowest BCUT2D eigenvalue weighted by atomic mass is 10.3. The summed E-state index contributed by atoms with van der Waals surface area (Å²) >= 11 is 12.1. The van der Waals surface area contributed by atoms with Crippen LogP contribution < -0.4 is 0 Å². The molecule has 0 radical (unpaired) electrons. The Morgan fingerprint density at radius 3 is 2.62 bits per heavy atom. The van der Waals surface area contributed by atoms with Crippen LogP contribution in [-0.4, -0.2) is 4.70 Å². The van der Waals surface area contributed by atoms with Crippen molar-refractivity contribution in [1.82, 2.24) is 0 Å². The molecule has 0 bridgehead atoms. The van der Waals surface area contributed by atoms with E-state index in [9.17, 15) is 4.39 Å². The molecule has 0 fully saturated rings. The van der Waals surface area contributed by atoms with Crippen LogP contribution in [0.25, 0.3) is 0 Å². The summed E-state index contributed by atoms with van der Waals surface area (Å²) in [6.45, 7) is 0. The summed E-state index contributed by atoms with van der Waals surface area (Å²) in [7, 11) is 0. The molecule has 2 heterocycles. The Hall–Kier alpha value is 0.230. The molecule has 2 rings (SSSR count). The van der Waals surface area contributed by atoms with Gasteiger partial charge in [0.25, 0.3) is 0 Å². The minimum absolute atomic E-state index is 0.000000000000000222. The SMILES string of the molecule is Fc1csc2c1CSC2.O=C(Cl)Cl. The molecule has 6 heteroatoms. The lowest BCUT2D eigenvalue weighted by molar-refractivity contribution is 0.275. The van der Waals surface area contributed by atoms with E-state index in [0.29, 0.717) is 0 Å². The fourth-order valence-electron chi connectivity index (χ4n) is 0.915. The minimum atomic E-state index is -0.889. The molecule has 0 saturated heterocycles. The van der Waals surface area contributed by atoms with E-state index in [0.717, 1.165) is 17.1 Å². The molecule has 0 amide bonds. The van der Waals surface area contributed by atoms with Gasteiger partial charge in [0.2, 0.25) is 0 Å². The number of hydrogen-bond acceptors (Lipinski definition) is 3. The number of carbonyl (C=O) groups is 1. The molecule has 0 aromatic carbocycles. The first kappa shape index (κ1) is 11.3. The van der Waals surface area contributed by atoms with E-state index in [-0.39, 0.29) is 5.82 Å². The molecular formula is C7H5Cl2FOS2. The molecular weight excluding hydrogens is 254 g/mol. The van der Waals surface area contributed by atoms with Crippen molar-refractivity contribution in [2.45, 2.75) is 11.5 Å². The number of thiophene rings is 1. The van der Waals surface area contributed by atoms with Crippen molar-refractivity contribution in [2.75, 3.05) is 0 Å². The van der Waals surface area contributed by atoms with Gasteiger partial charge in [-0.25, -0.2) is 4.39 Å². The number of fused-ring (bicyclic) bond motifs is 1. The van der Waals surface area contributed by atoms with Crippen molar-refractivity contribution in [3.63, 3.8) is 0 Å². The summed E-state index contributed by atoms with van der Waals surface area (Å²) in [6.07, 6.45) is 0. The molecule has 0 saturated carbocycles. The van der Waals surface area contributed by atoms with E-state index >= 15 is 0 Å². The molecule has 1 aromatic heterocycles. The average molecular weight is 259 g/mol. The van der Waals surface area contributed by atoms with Crippen LogP contribution >= 0.6 is 46.3 Å². The maximum Gasteiger partial charge on any atom is 0.313 e. The van der Waals surface area contributed by atoms with E-state index in [4.69, 9.17) is 4.79 Å². The second-order valence-corrected chi connectivity index (χ2v) is 5.03. The minimum Gasteiger partial charge on any atom is -0.262 e. The first-order valence-corrected chi connectivity index (χ1v) is 6.07. The van der Waals surface area contributed by atoms with E-state index in [1.165, 1.54) is 4.88 Å². The molecule has 1 aliphatic rings. The van der Waals surface area contributed by atoms with Gasteiger partial charge in [-0.05, 0) is 23.2 Å². The Labute approximate surface area is 93.2 Å². The third-order valence-corrected chi connectivity index (χ3v) is 3.58. The standard InChI is InChI=1S/C6H5FS2.CCl2O/c7-5-2-9-6-3-8-1-4(5)6;2-1(3)4/h2H,1,3H2;. The smallest absolute Gasteiger partial charge is 0.262 e. The Bertz CT molecular complexity index is 309. The van der Waals surface area contributed by atoms with E-state index in [1.54, 1.807) is 28.5 Å². The third kappa shape index (κ3) is 3.46. The van der Waals surface area contributed by atoms with Crippen LogP contribution in [0.5, 0.6) is 0 Å². The average Bonchev–Trinajstić information content (AvgIpc) is 2.54. The zero-order valence-electron chi connectivity index (χ0n) is 6.35.